The molecule has 180 valence electrons. The summed E-state index contributed by atoms with van der Waals surface area (Å²) in [6.45, 7) is 0.372. The van der Waals surface area contributed by atoms with Gasteiger partial charge in [-0.25, -0.2) is 13.1 Å². The Labute approximate surface area is 201 Å². The number of methoxy groups -OCH3 is 1. The minimum atomic E-state index is -4.15. The second kappa shape index (κ2) is 9.57. The molecule has 0 unspecified atom stereocenters. The lowest BCUT2D eigenvalue weighted by Crippen LogP contribution is -2.31. The summed E-state index contributed by atoms with van der Waals surface area (Å²) in [6, 6.07) is 17.8. The number of carbonyl (C=O) groups is 1. The maximum Gasteiger partial charge on any atom is 0.281 e. The van der Waals surface area contributed by atoms with Crippen molar-refractivity contribution >= 4 is 43.9 Å². The monoisotopic (exact) mass is 493 g/mol. The van der Waals surface area contributed by atoms with Gasteiger partial charge in [0.2, 0.25) is 0 Å². The quantitative estimate of drug-likeness (QED) is 0.316. The number of aromatic nitrogens is 1. The van der Waals surface area contributed by atoms with E-state index in [1.807, 2.05) is 24.3 Å². The molecule has 0 spiro atoms. The van der Waals surface area contributed by atoms with Crippen LogP contribution >= 0.6 is 0 Å². The molecule has 1 aromatic heterocycles. The molecule has 0 atom stereocenters. The fourth-order valence-corrected chi connectivity index (χ4v) is 4.73. The first-order valence-corrected chi connectivity index (χ1v) is 12.0. The van der Waals surface area contributed by atoms with Gasteiger partial charge in [0.15, 0.2) is 0 Å². The van der Waals surface area contributed by atoms with E-state index < -0.39 is 15.9 Å². The Kier molecular flexibility index (Phi) is 6.54. The van der Waals surface area contributed by atoms with Crippen molar-refractivity contribution in [3.63, 3.8) is 0 Å². The predicted octanol–water partition coefficient (Wildman–Crippen LogP) is 3.91. The third-order valence-corrected chi connectivity index (χ3v) is 6.89. The molecule has 10 nitrogen and oxygen atoms in total. The Morgan fingerprint density at radius 2 is 1.83 bits per heavy atom. The molecule has 4 aromatic rings. The first kappa shape index (κ1) is 23.9. The molecule has 0 radical (unpaired) electrons. The van der Waals surface area contributed by atoms with Gasteiger partial charge in [-0.2, -0.15) is 0 Å². The van der Waals surface area contributed by atoms with E-state index >= 15 is 0 Å². The van der Waals surface area contributed by atoms with Crippen molar-refractivity contribution in [2.45, 2.75) is 11.4 Å². The lowest BCUT2D eigenvalue weighted by molar-refractivity contribution is 0.0974. The van der Waals surface area contributed by atoms with Crippen LogP contribution < -0.4 is 20.5 Å². The zero-order valence-corrected chi connectivity index (χ0v) is 19.8. The van der Waals surface area contributed by atoms with Gasteiger partial charge in [-0.1, -0.05) is 12.1 Å². The maximum atomic E-state index is 13.0. The standard InChI is InChI=1S/C24H23N5O5S/c1-29-22(24(30)28-35(32,33)18-8-6-17(34-2)7-9-18)13-19-20(10-11-21(27-31)23(19)29)26-16-5-3-4-15(12-16)14-25/h3-13,26H,14,25H2,1-2H3,(H,28,30). The zero-order valence-electron chi connectivity index (χ0n) is 19.0. The van der Waals surface area contributed by atoms with E-state index in [0.29, 0.717) is 28.9 Å². The van der Waals surface area contributed by atoms with Crippen LogP contribution in [0.5, 0.6) is 5.75 Å². The molecule has 0 aliphatic heterocycles. The lowest BCUT2D eigenvalue weighted by Gasteiger charge is -2.10. The number of carbonyl (C=O) groups excluding carboxylic acids is 1. The summed E-state index contributed by atoms with van der Waals surface area (Å²) in [5.41, 5.74) is 8.55. The molecule has 0 aliphatic carbocycles. The molecular formula is C24H23N5O5S. The van der Waals surface area contributed by atoms with Crippen LogP contribution in [0.1, 0.15) is 16.1 Å². The van der Waals surface area contributed by atoms with Crippen LogP contribution in [0.25, 0.3) is 10.9 Å². The second-order valence-electron chi connectivity index (χ2n) is 7.71. The van der Waals surface area contributed by atoms with Gasteiger partial charge in [0.25, 0.3) is 15.9 Å². The Hall–Kier alpha value is -4.22. The minimum absolute atomic E-state index is 0.0342. The molecule has 0 fully saturated rings. The number of ether oxygens (including phenoxy) is 1. The number of sulfonamides is 1. The van der Waals surface area contributed by atoms with Crippen molar-refractivity contribution in [3.05, 3.63) is 82.9 Å². The van der Waals surface area contributed by atoms with Gasteiger partial charge in [-0.3, -0.25) is 4.79 Å². The molecule has 1 heterocycles. The van der Waals surface area contributed by atoms with Crippen LogP contribution in [-0.4, -0.2) is 26.0 Å². The second-order valence-corrected chi connectivity index (χ2v) is 9.40. The molecule has 0 saturated heterocycles. The minimum Gasteiger partial charge on any atom is -0.497 e. The van der Waals surface area contributed by atoms with Gasteiger partial charge in [0.1, 0.15) is 17.1 Å². The number of aryl methyl sites for hydroxylation is 1. The number of nitrogens with zero attached hydrogens (tertiary/aromatic N) is 2. The summed E-state index contributed by atoms with van der Waals surface area (Å²) in [4.78, 5) is 24.4. The Bertz CT molecular complexity index is 1530. The third kappa shape index (κ3) is 4.72. The predicted molar refractivity (Wildman–Crippen MR) is 134 cm³/mol. The summed E-state index contributed by atoms with van der Waals surface area (Å²) < 4.78 is 34.1. The van der Waals surface area contributed by atoms with Crippen LogP contribution in [0.15, 0.2) is 76.8 Å². The smallest absolute Gasteiger partial charge is 0.281 e. The number of amides is 1. The number of fused-ring (bicyclic) bond motifs is 1. The van der Waals surface area contributed by atoms with Crippen LogP contribution in [-0.2, 0) is 23.6 Å². The number of rotatable bonds is 8. The van der Waals surface area contributed by atoms with Gasteiger partial charge in [-0.05, 0) is 65.3 Å². The number of hydrogen-bond acceptors (Lipinski definition) is 8. The van der Waals surface area contributed by atoms with Gasteiger partial charge < -0.3 is 20.4 Å². The molecule has 0 aliphatic rings. The molecule has 1 amide bonds. The van der Waals surface area contributed by atoms with Crippen molar-refractivity contribution in [1.29, 1.82) is 0 Å². The number of anilines is 2. The Morgan fingerprint density at radius 3 is 2.49 bits per heavy atom. The molecule has 4 N–H and O–H groups in total. The lowest BCUT2D eigenvalue weighted by atomic mass is 10.1. The number of benzene rings is 3. The fraction of sp³-hybridized carbons (Fsp3) is 0.125. The highest BCUT2D eigenvalue weighted by molar-refractivity contribution is 7.90. The summed E-state index contributed by atoms with van der Waals surface area (Å²) in [6.07, 6.45) is 0. The first-order chi connectivity index (χ1) is 16.8. The first-order valence-electron chi connectivity index (χ1n) is 10.5. The highest BCUT2D eigenvalue weighted by Crippen LogP contribution is 2.35. The van der Waals surface area contributed by atoms with Crippen molar-refractivity contribution < 1.29 is 17.9 Å². The van der Waals surface area contributed by atoms with Crippen molar-refractivity contribution in [3.8, 4) is 5.75 Å². The zero-order chi connectivity index (χ0) is 25.2. The molecule has 3 aromatic carbocycles. The number of hydrogen-bond donors (Lipinski definition) is 3. The van der Waals surface area contributed by atoms with Crippen LogP contribution in [0.4, 0.5) is 17.1 Å². The molecule has 0 bridgehead atoms. The van der Waals surface area contributed by atoms with Gasteiger partial charge >= 0.3 is 0 Å². The number of nitroso groups, excluding NO2 is 1. The SMILES string of the molecule is COc1ccc(S(=O)(=O)NC(=O)c2cc3c(Nc4cccc(CN)c4)ccc(N=O)c3n2C)cc1. The average molecular weight is 494 g/mol. The molecule has 0 saturated carbocycles. The largest absolute Gasteiger partial charge is 0.497 e. The van der Waals surface area contributed by atoms with Crippen LogP contribution in [0.2, 0.25) is 0 Å². The summed E-state index contributed by atoms with van der Waals surface area (Å²) in [7, 11) is -1.13. The molecule has 35 heavy (non-hydrogen) atoms. The van der Waals surface area contributed by atoms with E-state index in [9.17, 15) is 18.1 Å². The van der Waals surface area contributed by atoms with E-state index in [1.54, 1.807) is 13.1 Å². The van der Waals surface area contributed by atoms with E-state index in [1.165, 1.54) is 48.1 Å². The molecule has 4 rings (SSSR count). The highest BCUT2D eigenvalue weighted by atomic mass is 32.2. The molecule has 11 heteroatoms. The maximum absolute atomic E-state index is 13.0. The number of nitrogens with one attached hydrogen (secondary N) is 2. The Balaban J connectivity index is 1.72. The Morgan fingerprint density at radius 1 is 1.09 bits per heavy atom. The normalized spacial score (nSPS) is 11.3. The fourth-order valence-electron chi connectivity index (χ4n) is 3.77. The summed E-state index contributed by atoms with van der Waals surface area (Å²) in [5, 5.41) is 6.86. The van der Waals surface area contributed by atoms with Crippen molar-refractivity contribution in [1.82, 2.24) is 9.29 Å². The number of nitrogens with two attached hydrogens (primary N) is 1. The average Bonchev–Trinajstić information content (AvgIpc) is 3.22. The van der Waals surface area contributed by atoms with Crippen LogP contribution in [0, 0.1) is 4.91 Å². The van der Waals surface area contributed by atoms with E-state index in [0.717, 1.165) is 11.3 Å². The van der Waals surface area contributed by atoms with E-state index in [-0.39, 0.29) is 16.3 Å². The van der Waals surface area contributed by atoms with E-state index in [2.05, 4.69) is 15.2 Å². The summed E-state index contributed by atoms with van der Waals surface area (Å²) >= 11 is 0. The van der Waals surface area contributed by atoms with Gasteiger partial charge in [-0.15, -0.1) is 4.91 Å². The van der Waals surface area contributed by atoms with Crippen LogP contribution in [0.3, 0.4) is 0 Å². The molecular weight excluding hydrogens is 470 g/mol. The van der Waals surface area contributed by atoms with E-state index in [4.69, 9.17) is 10.5 Å². The van der Waals surface area contributed by atoms with Gasteiger partial charge in [0.05, 0.1) is 17.5 Å². The third-order valence-electron chi connectivity index (χ3n) is 5.54. The topological polar surface area (TPSA) is 145 Å². The highest BCUT2D eigenvalue weighted by Gasteiger charge is 2.23. The summed E-state index contributed by atoms with van der Waals surface area (Å²) in [5.74, 6) is -0.373. The van der Waals surface area contributed by atoms with Gasteiger partial charge in [0, 0.05) is 30.4 Å². The van der Waals surface area contributed by atoms with Crippen molar-refractivity contribution in [2.75, 3.05) is 12.4 Å². The van der Waals surface area contributed by atoms with Crippen molar-refractivity contribution in [2.24, 2.45) is 18.0 Å².